The molecule has 0 N–H and O–H groups in total. The first-order valence-corrected chi connectivity index (χ1v) is 16.0. The van der Waals surface area contributed by atoms with Crippen LogP contribution in [0.25, 0.3) is 11.8 Å². The van der Waals surface area contributed by atoms with Crippen molar-refractivity contribution in [1.29, 1.82) is 0 Å². The van der Waals surface area contributed by atoms with Gasteiger partial charge in [0.2, 0.25) is 0 Å². The molecule has 2 heteroatoms. The van der Waals surface area contributed by atoms with Crippen LogP contribution < -0.4 is 10.6 Å². The summed E-state index contributed by atoms with van der Waals surface area (Å²) in [7, 11) is -0.713. The molecule has 1 nitrogen and oxygen atoms in total. The van der Waals surface area contributed by atoms with E-state index in [0.29, 0.717) is 17.8 Å². The molecular formula is C37H39OP. The SMILES string of the molecule is CC(C)[C@@H]1CC[C@@H](C)CC1OC1=Cc2ccccc2[C@H](P(c2ccccc2)c2ccccc2)c2ccccc21. The Morgan fingerprint density at radius 3 is 1.95 bits per heavy atom. The van der Waals surface area contributed by atoms with Crippen molar-refractivity contribution in [3.05, 3.63) is 131 Å². The molecule has 2 aliphatic carbocycles. The third kappa shape index (κ3) is 5.35. The zero-order chi connectivity index (χ0) is 26.8. The highest BCUT2D eigenvalue weighted by molar-refractivity contribution is 7.73. The number of benzene rings is 4. The summed E-state index contributed by atoms with van der Waals surface area (Å²) in [5.41, 5.74) is 5.51. The summed E-state index contributed by atoms with van der Waals surface area (Å²) >= 11 is 0. The van der Waals surface area contributed by atoms with E-state index in [0.717, 1.165) is 12.2 Å². The molecule has 4 aromatic carbocycles. The van der Waals surface area contributed by atoms with Gasteiger partial charge in [0.15, 0.2) is 0 Å². The average molecular weight is 531 g/mol. The maximum absolute atomic E-state index is 7.15. The van der Waals surface area contributed by atoms with Gasteiger partial charge in [-0.2, -0.15) is 0 Å². The molecule has 0 spiro atoms. The molecule has 0 radical (unpaired) electrons. The molecular weight excluding hydrogens is 491 g/mol. The van der Waals surface area contributed by atoms with Crippen LogP contribution in [0.5, 0.6) is 0 Å². The summed E-state index contributed by atoms with van der Waals surface area (Å²) in [6.07, 6.45) is 6.29. The van der Waals surface area contributed by atoms with Crippen LogP contribution in [-0.4, -0.2) is 6.10 Å². The third-order valence-corrected chi connectivity index (χ3v) is 11.4. The van der Waals surface area contributed by atoms with Crippen LogP contribution in [0.3, 0.4) is 0 Å². The molecule has 1 fully saturated rings. The topological polar surface area (TPSA) is 9.23 Å². The van der Waals surface area contributed by atoms with Crippen LogP contribution in [0, 0.1) is 17.8 Å². The van der Waals surface area contributed by atoms with Crippen LogP contribution in [0.1, 0.15) is 67.9 Å². The van der Waals surface area contributed by atoms with Gasteiger partial charge in [-0.25, -0.2) is 0 Å². The molecule has 4 aromatic rings. The molecule has 2 aliphatic rings. The fourth-order valence-corrected chi connectivity index (χ4v) is 9.55. The predicted octanol–water partition coefficient (Wildman–Crippen LogP) is 9.20. The van der Waals surface area contributed by atoms with Gasteiger partial charge in [0.25, 0.3) is 0 Å². The van der Waals surface area contributed by atoms with E-state index in [4.69, 9.17) is 4.74 Å². The molecule has 0 bridgehead atoms. The number of hydrogen-bond acceptors (Lipinski definition) is 1. The highest BCUT2D eigenvalue weighted by Crippen LogP contribution is 2.57. The van der Waals surface area contributed by atoms with Crippen molar-refractivity contribution in [2.45, 2.75) is 51.8 Å². The predicted molar refractivity (Wildman–Crippen MR) is 168 cm³/mol. The van der Waals surface area contributed by atoms with E-state index in [1.54, 1.807) is 0 Å². The maximum Gasteiger partial charge on any atom is 0.127 e. The zero-order valence-corrected chi connectivity index (χ0v) is 24.2. The van der Waals surface area contributed by atoms with Crippen molar-refractivity contribution in [3.8, 4) is 0 Å². The smallest absolute Gasteiger partial charge is 0.127 e. The summed E-state index contributed by atoms with van der Waals surface area (Å²) < 4.78 is 7.15. The van der Waals surface area contributed by atoms with E-state index in [1.165, 1.54) is 45.7 Å². The number of hydrogen-bond donors (Lipinski definition) is 0. The largest absolute Gasteiger partial charge is 0.489 e. The van der Waals surface area contributed by atoms with E-state index in [1.807, 2.05) is 0 Å². The van der Waals surface area contributed by atoms with Gasteiger partial charge in [-0.05, 0) is 71.9 Å². The Kier molecular flexibility index (Phi) is 7.71. The second-order valence-corrected chi connectivity index (χ2v) is 13.9. The first kappa shape index (κ1) is 26.1. The Balaban J connectivity index is 1.52. The number of rotatable bonds is 6. The van der Waals surface area contributed by atoms with Crippen molar-refractivity contribution >= 4 is 30.4 Å². The minimum Gasteiger partial charge on any atom is -0.489 e. The average Bonchev–Trinajstić information content (AvgIpc) is 3.09. The quantitative estimate of drug-likeness (QED) is 0.226. The lowest BCUT2D eigenvalue weighted by molar-refractivity contribution is 0.0265. The fourth-order valence-electron chi connectivity index (χ4n) is 6.65. The molecule has 198 valence electrons. The van der Waals surface area contributed by atoms with Crippen molar-refractivity contribution in [2.24, 2.45) is 17.8 Å². The van der Waals surface area contributed by atoms with Crippen LogP contribution in [0.15, 0.2) is 109 Å². The lowest BCUT2D eigenvalue weighted by Crippen LogP contribution is -2.34. The molecule has 0 heterocycles. The summed E-state index contributed by atoms with van der Waals surface area (Å²) in [6.45, 7) is 7.12. The lowest BCUT2D eigenvalue weighted by atomic mass is 9.75. The molecule has 0 aliphatic heterocycles. The van der Waals surface area contributed by atoms with Gasteiger partial charge in [0.1, 0.15) is 11.9 Å². The van der Waals surface area contributed by atoms with Crippen LogP contribution in [-0.2, 0) is 4.74 Å². The van der Waals surface area contributed by atoms with Crippen LogP contribution in [0.2, 0.25) is 0 Å². The molecule has 1 unspecified atom stereocenters. The molecule has 4 atom stereocenters. The van der Waals surface area contributed by atoms with Crippen LogP contribution in [0.4, 0.5) is 0 Å². The number of fused-ring (bicyclic) bond motifs is 2. The van der Waals surface area contributed by atoms with E-state index >= 15 is 0 Å². The lowest BCUT2D eigenvalue weighted by Gasteiger charge is -2.38. The highest BCUT2D eigenvalue weighted by atomic mass is 31.1. The van der Waals surface area contributed by atoms with Crippen molar-refractivity contribution in [3.63, 3.8) is 0 Å². The standard InChI is InChI=1S/C37H39OP/c1-26(2)31-23-22-27(3)24-35(31)38-36-25-28-14-10-11-19-32(28)37(34-21-13-12-20-33(34)36)39(29-15-6-4-7-16-29)30-17-8-5-9-18-30/h4-21,25-27,31,35,37H,22-24H2,1-3H3/t27-,31+,35?,37+/m1/s1. The van der Waals surface area contributed by atoms with Crippen LogP contribution >= 0.6 is 7.92 Å². The van der Waals surface area contributed by atoms with Crippen molar-refractivity contribution < 1.29 is 4.74 Å². The maximum atomic E-state index is 7.15. The minimum absolute atomic E-state index is 0.223. The first-order valence-electron chi connectivity index (χ1n) is 14.6. The molecule has 0 amide bonds. The normalized spacial score (nSPS) is 22.5. The second-order valence-electron chi connectivity index (χ2n) is 11.7. The Morgan fingerprint density at radius 2 is 1.28 bits per heavy atom. The van der Waals surface area contributed by atoms with Gasteiger partial charge in [-0.3, -0.25) is 0 Å². The monoisotopic (exact) mass is 530 g/mol. The van der Waals surface area contributed by atoms with Gasteiger partial charge < -0.3 is 4.74 Å². The summed E-state index contributed by atoms with van der Waals surface area (Å²) in [6, 6.07) is 40.3. The summed E-state index contributed by atoms with van der Waals surface area (Å²) in [4.78, 5) is 0. The van der Waals surface area contributed by atoms with Gasteiger partial charge in [0.05, 0.1) is 0 Å². The van der Waals surface area contributed by atoms with E-state index in [2.05, 4.69) is 136 Å². The van der Waals surface area contributed by atoms with E-state index < -0.39 is 7.92 Å². The van der Waals surface area contributed by atoms with Gasteiger partial charge in [-0.15, -0.1) is 0 Å². The van der Waals surface area contributed by atoms with E-state index in [-0.39, 0.29) is 11.8 Å². The Morgan fingerprint density at radius 1 is 0.692 bits per heavy atom. The number of ether oxygens (including phenoxy) is 1. The molecule has 0 aromatic heterocycles. The van der Waals surface area contributed by atoms with Gasteiger partial charge in [-0.1, -0.05) is 136 Å². The third-order valence-electron chi connectivity index (χ3n) is 8.66. The minimum atomic E-state index is -0.713. The zero-order valence-electron chi connectivity index (χ0n) is 23.3. The van der Waals surface area contributed by atoms with Gasteiger partial charge >= 0.3 is 0 Å². The Bertz CT molecular complexity index is 1380. The van der Waals surface area contributed by atoms with Gasteiger partial charge in [0, 0.05) is 11.2 Å². The summed E-state index contributed by atoms with van der Waals surface area (Å²) in [5, 5.41) is 2.80. The highest BCUT2D eigenvalue weighted by Gasteiger charge is 2.36. The van der Waals surface area contributed by atoms with E-state index in [9.17, 15) is 0 Å². The first-order chi connectivity index (χ1) is 19.1. The Hall–Kier alpha value is -3.15. The molecule has 0 saturated heterocycles. The molecule has 39 heavy (non-hydrogen) atoms. The van der Waals surface area contributed by atoms with Crippen molar-refractivity contribution in [2.75, 3.05) is 0 Å². The Labute approximate surface area is 235 Å². The summed E-state index contributed by atoms with van der Waals surface area (Å²) in [5.74, 6) is 2.96. The molecule has 1 saturated carbocycles. The van der Waals surface area contributed by atoms with Crippen molar-refractivity contribution in [1.82, 2.24) is 0 Å². The second kappa shape index (κ2) is 11.5. The fraction of sp³-hybridized carbons (Fsp3) is 0.297. The molecule has 6 rings (SSSR count).